The van der Waals surface area contributed by atoms with E-state index in [0.717, 1.165) is 16.9 Å². The Hall–Kier alpha value is -3.60. The van der Waals surface area contributed by atoms with Crippen molar-refractivity contribution in [2.75, 3.05) is 12.4 Å². The van der Waals surface area contributed by atoms with E-state index in [9.17, 15) is 9.59 Å². The van der Waals surface area contributed by atoms with E-state index in [1.807, 2.05) is 49.4 Å². The van der Waals surface area contributed by atoms with Crippen LogP contribution in [0.4, 0.5) is 5.69 Å². The van der Waals surface area contributed by atoms with Crippen molar-refractivity contribution in [2.45, 2.75) is 13.5 Å². The Morgan fingerprint density at radius 3 is 2.14 bits per heavy atom. The number of hydrogen-bond donors (Lipinski definition) is 2. The molecule has 0 radical (unpaired) electrons. The molecule has 142 valence electrons. The summed E-state index contributed by atoms with van der Waals surface area (Å²) in [4.78, 5) is 25.3. The molecule has 0 heterocycles. The summed E-state index contributed by atoms with van der Waals surface area (Å²) in [5, 5.41) is 5.73. The number of amides is 2. The normalized spacial score (nSPS) is 10.2. The molecule has 0 aromatic heterocycles. The molecule has 3 aromatic rings. The third kappa shape index (κ3) is 4.57. The van der Waals surface area contributed by atoms with Crippen molar-refractivity contribution < 1.29 is 14.3 Å². The average molecular weight is 374 g/mol. The zero-order valence-electron chi connectivity index (χ0n) is 15.9. The third-order valence-electron chi connectivity index (χ3n) is 4.42. The Kier molecular flexibility index (Phi) is 6.07. The Balaban J connectivity index is 1.71. The zero-order valence-corrected chi connectivity index (χ0v) is 15.9. The molecule has 0 atom stereocenters. The van der Waals surface area contributed by atoms with Crippen molar-refractivity contribution in [2.24, 2.45) is 0 Å². The number of benzene rings is 3. The molecule has 0 aliphatic heterocycles. The van der Waals surface area contributed by atoms with Crippen LogP contribution in [-0.2, 0) is 6.54 Å². The molecule has 0 saturated carbocycles. The molecular weight excluding hydrogens is 352 g/mol. The fraction of sp³-hybridized carbons (Fsp3) is 0.130. The van der Waals surface area contributed by atoms with Gasteiger partial charge in [-0.05, 0) is 48.4 Å². The largest absolute Gasteiger partial charge is 0.497 e. The Morgan fingerprint density at radius 2 is 1.46 bits per heavy atom. The van der Waals surface area contributed by atoms with Gasteiger partial charge in [-0.25, -0.2) is 0 Å². The van der Waals surface area contributed by atoms with Crippen LogP contribution in [0.3, 0.4) is 0 Å². The zero-order chi connectivity index (χ0) is 19.9. The van der Waals surface area contributed by atoms with Crippen LogP contribution in [0.2, 0.25) is 0 Å². The van der Waals surface area contributed by atoms with Crippen molar-refractivity contribution in [3.63, 3.8) is 0 Å². The van der Waals surface area contributed by atoms with Gasteiger partial charge in [-0.2, -0.15) is 0 Å². The summed E-state index contributed by atoms with van der Waals surface area (Å²) >= 11 is 0. The van der Waals surface area contributed by atoms with E-state index in [2.05, 4.69) is 10.6 Å². The van der Waals surface area contributed by atoms with Crippen LogP contribution in [0.1, 0.15) is 31.8 Å². The lowest BCUT2D eigenvalue weighted by atomic mass is 10.1. The molecular formula is C23H22N2O3. The van der Waals surface area contributed by atoms with E-state index < -0.39 is 0 Å². The highest BCUT2D eigenvalue weighted by Crippen LogP contribution is 2.18. The highest BCUT2D eigenvalue weighted by molar-refractivity contribution is 6.09. The lowest BCUT2D eigenvalue weighted by Gasteiger charge is -2.12. The number of carbonyl (C=O) groups is 2. The Labute approximate surface area is 164 Å². The van der Waals surface area contributed by atoms with Gasteiger partial charge in [0.05, 0.1) is 18.4 Å². The first-order chi connectivity index (χ1) is 13.6. The summed E-state index contributed by atoms with van der Waals surface area (Å²) in [6.07, 6.45) is 0. The van der Waals surface area contributed by atoms with Gasteiger partial charge < -0.3 is 15.4 Å². The van der Waals surface area contributed by atoms with Crippen LogP contribution in [-0.4, -0.2) is 18.9 Å². The van der Waals surface area contributed by atoms with Crippen molar-refractivity contribution in [3.05, 3.63) is 95.1 Å². The number of rotatable bonds is 6. The van der Waals surface area contributed by atoms with Crippen molar-refractivity contribution in [1.82, 2.24) is 5.32 Å². The van der Waals surface area contributed by atoms with Crippen LogP contribution in [0.15, 0.2) is 72.8 Å². The highest BCUT2D eigenvalue weighted by atomic mass is 16.5. The van der Waals surface area contributed by atoms with Crippen molar-refractivity contribution in [1.29, 1.82) is 0 Å². The molecule has 0 aliphatic rings. The first-order valence-corrected chi connectivity index (χ1v) is 8.95. The maximum atomic E-state index is 12.7. The van der Waals surface area contributed by atoms with Crippen LogP contribution >= 0.6 is 0 Å². The van der Waals surface area contributed by atoms with Gasteiger partial charge in [0.25, 0.3) is 11.8 Å². The second kappa shape index (κ2) is 8.86. The van der Waals surface area contributed by atoms with E-state index in [1.54, 1.807) is 37.4 Å². The van der Waals surface area contributed by atoms with Gasteiger partial charge in [0, 0.05) is 12.1 Å². The number of methoxy groups -OCH3 is 1. The standard InChI is InChI=1S/C23H22N2O3/c1-16-7-3-4-8-19(16)23(27)25-21-10-6-5-9-20(21)22(26)24-15-17-11-13-18(28-2)14-12-17/h3-14H,15H2,1-2H3,(H,24,26)(H,25,27). The third-order valence-corrected chi connectivity index (χ3v) is 4.42. The minimum atomic E-state index is -0.253. The Bertz CT molecular complexity index is 981. The topological polar surface area (TPSA) is 67.4 Å². The lowest BCUT2D eigenvalue weighted by molar-refractivity contribution is 0.0952. The summed E-state index contributed by atoms with van der Waals surface area (Å²) in [5.74, 6) is 0.268. The Morgan fingerprint density at radius 1 is 0.821 bits per heavy atom. The first kappa shape index (κ1) is 19.2. The lowest BCUT2D eigenvalue weighted by Crippen LogP contribution is -2.25. The van der Waals surface area contributed by atoms with Gasteiger partial charge in [0.2, 0.25) is 0 Å². The number of nitrogens with one attached hydrogen (secondary N) is 2. The summed E-state index contributed by atoms with van der Waals surface area (Å²) in [6, 6.07) is 21.8. The number of hydrogen-bond acceptors (Lipinski definition) is 3. The minimum absolute atomic E-state index is 0.242. The van der Waals surface area contributed by atoms with Crippen LogP contribution in [0.5, 0.6) is 5.75 Å². The van der Waals surface area contributed by atoms with Gasteiger partial charge >= 0.3 is 0 Å². The van der Waals surface area contributed by atoms with Gasteiger partial charge in [0.15, 0.2) is 0 Å². The van der Waals surface area contributed by atoms with Crippen molar-refractivity contribution in [3.8, 4) is 5.75 Å². The number of anilines is 1. The summed E-state index contributed by atoms with van der Waals surface area (Å²) in [5.41, 5.74) is 3.30. The van der Waals surface area contributed by atoms with E-state index in [0.29, 0.717) is 23.4 Å². The average Bonchev–Trinajstić information content (AvgIpc) is 2.73. The van der Waals surface area contributed by atoms with Crippen molar-refractivity contribution >= 4 is 17.5 Å². The first-order valence-electron chi connectivity index (χ1n) is 8.95. The summed E-state index contributed by atoms with van der Waals surface area (Å²) < 4.78 is 5.13. The predicted molar refractivity (Wildman–Crippen MR) is 110 cm³/mol. The number of aryl methyl sites for hydroxylation is 1. The molecule has 5 nitrogen and oxygen atoms in total. The van der Waals surface area contributed by atoms with Gasteiger partial charge in [0.1, 0.15) is 5.75 Å². The molecule has 5 heteroatoms. The summed E-state index contributed by atoms with van der Waals surface area (Å²) in [7, 11) is 1.61. The SMILES string of the molecule is COc1ccc(CNC(=O)c2ccccc2NC(=O)c2ccccc2C)cc1. The molecule has 2 N–H and O–H groups in total. The number of carbonyl (C=O) groups excluding carboxylic acids is 2. The van der Waals surface area contributed by atoms with Crippen LogP contribution in [0, 0.1) is 6.92 Å². The maximum Gasteiger partial charge on any atom is 0.255 e. The fourth-order valence-electron chi connectivity index (χ4n) is 2.83. The maximum absolute atomic E-state index is 12.7. The molecule has 0 unspecified atom stereocenters. The molecule has 28 heavy (non-hydrogen) atoms. The second-order valence-electron chi connectivity index (χ2n) is 6.35. The number of para-hydroxylation sites is 1. The van der Waals surface area contributed by atoms with Crippen LogP contribution < -0.4 is 15.4 Å². The predicted octanol–water partition coefficient (Wildman–Crippen LogP) is 4.19. The molecule has 0 fully saturated rings. The van der Waals surface area contributed by atoms with Gasteiger partial charge in [-0.15, -0.1) is 0 Å². The molecule has 2 amide bonds. The number of ether oxygens (including phenoxy) is 1. The molecule has 0 saturated heterocycles. The molecule has 0 bridgehead atoms. The van der Waals surface area contributed by atoms with Crippen LogP contribution in [0.25, 0.3) is 0 Å². The molecule has 3 rings (SSSR count). The highest BCUT2D eigenvalue weighted by Gasteiger charge is 2.15. The molecule has 0 aliphatic carbocycles. The van der Waals surface area contributed by atoms with E-state index in [-0.39, 0.29) is 11.8 Å². The summed E-state index contributed by atoms with van der Waals surface area (Å²) in [6.45, 7) is 2.26. The quantitative estimate of drug-likeness (QED) is 0.680. The smallest absolute Gasteiger partial charge is 0.255 e. The molecule has 0 spiro atoms. The van der Waals surface area contributed by atoms with E-state index in [4.69, 9.17) is 4.74 Å². The van der Waals surface area contributed by atoms with E-state index >= 15 is 0 Å². The second-order valence-corrected chi connectivity index (χ2v) is 6.35. The van der Waals surface area contributed by atoms with Gasteiger partial charge in [-0.1, -0.05) is 42.5 Å². The fourth-order valence-corrected chi connectivity index (χ4v) is 2.83. The minimum Gasteiger partial charge on any atom is -0.497 e. The molecule has 3 aromatic carbocycles. The van der Waals surface area contributed by atoms with E-state index in [1.165, 1.54) is 0 Å². The monoisotopic (exact) mass is 374 g/mol. The van der Waals surface area contributed by atoms with Gasteiger partial charge in [-0.3, -0.25) is 9.59 Å².